The van der Waals surface area contributed by atoms with Crippen LogP contribution in [0.2, 0.25) is 0 Å². The molecule has 1 aromatic heterocycles. The summed E-state index contributed by atoms with van der Waals surface area (Å²) in [7, 11) is 1.63. The number of piperidine rings is 1. The Morgan fingerprint density at radius 3 is 2.80 bits per heavy atom. The van der Waals surface area contributed by atoms with Crippen LogP contribution in [0.25, 0.3) is 11.4 Å². The van der Waals surface area contributed by atoms with Gasteiger partial charge >= 0.3 is 6.01 Å². The van der Waals surface area contributed by atoms with Crippen LogP contribution >= 0.6 is 0 Å². The first-order valence-corrected chi connectivity index (χ1v) is 8.76. The van der Waals surface area contributed by atoms with Crippen LogP contribution in [0, 0.1) is 5.92 Å². The summed E-state index contributed by atoms with van der Waals surface area (Å²) in [6, 6.07) is 8.41. The molecule has 2 aliphatic rings. The van der Waals surface area contributed by atoms with Crippen molar-refractivity contribution in [2.75, 3.05) is 25.1 Å². The summed E-state index contributed by atoms with van der Waals surface area (Å²) in [5.74, 6) is 1.48. The van der Waals surface area contributed by atoms with E-state index in [-0.39, 0.29) is 11.8 Å². The highest BCUT2D eigenvalue weighted by Gasteiger charge is 2.32. The second-order valence-corrected chi connectivity index (χ2v) is 6.70. The number of methoxy groups -OCH3 is 1. The van der Waals surface area contributed by atoms with E-state index in [0.717, 1.165) is 43.5 Å². The van der Waals surface area contributed by atoms with Crippen LogP contribution in [0.3, 0.4) is 0 Å². The largest absolute Gasteiger partial charge is 0.497 e. The summed E-state index contributed by atoms with van der Waals surface area (Å²) in [6.07, 6.45) is 4.08. The van der Waals surface area contributed by atoms with Crippen LogP contribution in [0.4, 0.5) is 6.01 Å². The second-order valence-electron chi connectivity index (χ2n) is 6.70. The van der Waals surface area contributed by atoms with E-state index in [1.807, 2.05) is 29.2 Å². The van der Waals surface area contributed by atoms with Gasteiger partial charge in [-0.3, -0.25) is 4.79 Å². The highest BCUT2D eigenvalue weighted by molar-refractivity contribution is 5.80. The van der Waals surface area contributed by atoms with E-state index in [0.29, 0.717) is 24.4 Å². The van der Waals surface area contributed by atoms with Crippen molar-refractivity contribution in [2.24, 2.45) is 5.92 Å². The van der Waals surface area contributed by atoms with E-state index in [1.54, 1.807) is 7.11 Å². The van der Waals surface area contributed by atoms with Crippen molar-refractivity contribution in [1.29, 1.82) is 0 Å². The fourth-order valence-corrected chi connectivity index (χ4v) is 3.11. The minimum Gasteiger partial charge on any atom is -0.497 e. The van der Waals surface area contributed by atoms with Gasteiger partial charge in [0.25, 0.3) is 0 Å². The summed E-state index contributed by atoms with van der Waals surface area (Å²) in [6.45, 7) is 1.46. The molecule has 0 bridgehead atoms. The molecule has 4 rings (SSSR count). The maximum absolute atomic E-state index is 12.3. The first-order chi connectivity index (χ1) is 12.2. The van der Waals surface area contributed by atoms with Gasteiger partial charge in [0, 0.05) is 24.7 Å². The third kappa shape index (κ3) is 3.60. The van der Waals surface area contributed by atoms with Crippen molar-refractivity contribution >= 4 is 11.9 Å². The molecule has 0 unspecified atom stereocenters. The number of rotatable bonds is 5. The first-order valence-electron chi connectivity index (χ1n) is 8.76. The molecule has 1 aromatic carbocycles. The Morgan fingerprint density at radius 1 is 1.28 bits per heavy atom. The molecule has 0 spiro atoms. The average Bonchev–Trinajstić information content (AvgIpc) is 3.34. The number of nitrogens with zero attached hydrogens (tertiary/aromatic N) is 3. The standard InChI is InChI=1S/C18H22N4O3/c1-24-15-8-4-12(5-9-15)16-20-18(25-21-16)22-10-2-3-13(11-22)17(23)19-14-6-7-14/h4-5,8-9,13-14H,2-3,6-7,10-11H2,1H3,(H,19,23)/t13-/m0/s1. The van der Waals surface area contributed by atoms with Crippen molar-refractivity contribution in [3.63, 3.8) is 0 Å². The zero-order valence-electron chi connectivity index (χ0n) is 14.3. The van der Waals surface area contributed by atoms with E-state index in [1.165, 1.54) is 0 Å². The van der Waals surface area contributed by atoms with Gasteiger partial charge in [0.05, 0.1) is 13.0 Å². The number of carbonyl (C=O) groups excluding carboxylic acids is 1. The SMILES string of the molecule is COc1ccc(-c2noc(N3CCC[C@H](C(=O)NC4CC4)C3)n2)cc1. The van der Waals surface area contributed by atoms with E-state index in [4.69, 9.17) is 9.26 Å². The lowest BCUT2D eigenvalue weighted by Crippen LogP contribution is -2.43. The van der Waals surface area contributed by atoms with Gasteiger partial charge in [0.2, 0.25) is 11.7 Å². The Balaban J connectivity index is 1.44. The molecule has 7 heteroatoms. The number of ether oxygens (including phenoxy) is 1. The van der Waals surface area contributed by atoms with E-state index < -0.39 is 0 Å². The number of carbonyl (C=O) groups is 1. The lowest BCUT2D eigenvalue weighted by Gasteiger charge is -2.30. The normalized spacial score (nSPS) is 20.4. The molecule has 1 atom stereocenters. The topological polar surface area (TPSA) is 80.5 Å². The van der Waals surface area contributed by atoms with Gasteiger partial charge in [-0.15, -0.1) is 0 Å². The van der Waals surface area contributed by atoms with Gasteiger partial charge < -0.3 is 19.5 Å². The molecule has 0 radical (unpaired) electrons. The van der Waals surface area contributed by atoms with E-state index in [2.05, 4.69) is 15.5 Å². The smallest absolute Gasteiger partial charge is 0.324 e. The number of benzene rings is 1. The van der Waals surface area contributed by atoms with Crippen LogP contribution < -0.4 is 15.0 Å². The lowest BCUT2D eigenvalue weighted by molar-refractivity contribution is -0.125. The maximum Gasteiger partial charge on any atom is 0.324 e. The summed E-state index contributed by atoms with van der Waals surface area (Å²) in [5.41, 5.74) is 0.871. The average molecular weight is 342 g/mol. The van der Waals surface area contributed by atoms with Crippen molar-refractivity contribution in [1.82, 2.24) is 15.5 Å². The van der Waals surface area contributed by atoms with Crippen LogP contribution in [0.1, 0.15) is 25.7 Å². The Labute approximate surface area is 146 Å². The first kappa shape index (κ1) is 15.9. The Hall–Kier alpha value is -2.57. The number of anilines is 1. The number of hydrogen-bond acceptors (Lipinski definition) is 6. The van der Waals surface area contributed by atoms with Crippen molar-refractivity contribution in [3.8, 4) is 17.1 Å². The number of amides is 1. The Kier molecular flexibility index (Phi) is 4.29. The molecular weight excluding hydrogens is 320 g/mol. The molecule has 2 heterocycles. The van der Waals surface area contributed by atoms with Crippen molar-refractivity contribution < 1.29 is 14.1 Å². The molecular formula is C18H22N4O3. The fraction of sp³-hybridized carbons (Fsp3) is 0.500. The molecule has 1 aliphatic carbocycles. The molecule has 1 amide bonds. The molecule has 132 valence electrons. The highest BCUT2D eigenvalue weighted by Crippen LogP contribution is 2.27. The fourth-order valence-electron chi connectivity index (χ4n) is 3.11. The van der Waals surface area contributed by atoms with Gasteiger partial charge in [-0.2, -0.15) is 4.98 Å². The predicted octanol–water partition coefficient (Wildman–Crippen LogP) is 2.24. The Bertz CT molecular complexity index is 739. The van der Waals surface area contributed by atoms with Crippen molar-refractivity contribution in [3.05, 3.63) is 24.3 Å². The summed E-state index contributed by atoms with van der Waals surface area (Å²) < 4.78 is 10.6. The van der Waals surface area contributed by atoms with Crippen molar-refractivity contribution in [2.45, 2.75) is 31.7 Å². The quantitative estimate of drug-likeness (QED) is 0.897. The number of nitrogens with one attached hydrogen (secondary N) is 1. The van der Waals surface area contributed by atoms with Gasteiger partial charge in [-0.05, 0) is 49.9 Å². The van der Waals surface area contributed by atoms with Gasteiger partial charge in [-0.25, -0.2) is 0 Å². The molecule has 1 N–H and O–H groups in total. The zero-order valence-corrected chi connectivity index (χ0v) is 14.3. The van der Waals surface area contributed by atoms with E-state index in [9.17, 15) is 4.79 Å². The van der Waals surface area contributed by atoms with E-state index >= 15 is 0 Å². The maximum atomic E-state index is 12.3. The molecule has 1 aliphatic heterocycles. The summed E-state index contributed by atoms with van der Waals surface area (Å²) in [5, 5.41) is 7.17. The second kappa shape index (κ2) is 6.74. The van der Waals surface area contributed by atoms with Crippen LogP contribution in [0.5, 0.6) is 5.75 Å². The molecule has 1 saturated carbocycles. The van der Waals surface area contributed by atoms with Gasteiger partial charge in [0.1, 0.15) is 5.75 Å². The molecule has 1 saturated heterocycles. The lowest BCUT2D eigenvalue weighted by atomic mass is 9.97. The monoisotopic (exact) mass is 342 g/mol. The zero-order chi connectivity index (χ0) is 17.2. The summed E-state index contributed by atoms with van der Waals surface area (Å²) in [4.78, 5) is 18.8. The molecule has 25 heavy (non-hydrogen) atoms. The molecule has 7 nitrogen and oxygen atoms in total. The predicted molar refractivity (Wildman–Crippen MR) is 92.4 cm³/mol. The van der Waals surface area contributed by atoms with Crippen LogP contribution in [0.15, 0.2) is 28.8 Å². The third-order valence-corrected chi connectivity index (χ3v) is 4.75. The minimum absolute atomic E-state index is 0.00862. The molecule has 2 aromatic rings. The Morgan fingerprint density at radius 2 is 2.08 bits per heavy atom. The van der Waals surface area contributed by atoms with Crippen LogP contribution in [-0.4, -0.2) is 42.3 Å². The number of aromatic nitrogens is 2. The van der Waals surface area contributed by atoms with Gasteiger partial charge in [0.15, 0.2) is 0 Å². The number of hydrogen-bond donors (Lipinski definition) is 1. The van der Waals surface area contributed by atoms with Gasteiger partial charge in [-0.1, -0.05) is 5.16 Å². The minimum atomic E-state index is -0.00862. The molecule has 2 fully saturated rings. The van der Waals surface area contributed by atoms with Crippen LogP contribution in [-0.2, 0) is 4.79 Å². The summed E-state index contributed by atoms with van der Waals surface area (Å²) >= 11 is 0. The highest BCUT2D eigenvalue weighted by atomic mass is 16.5. The third-order valence-electron chi connectivity index (χ3n) is 4.75.